The van der Waals surface area contributed by atoms with Gasteiger partial charge in [0, 0.05) is 19.8 Å². The molecule has 0 nitrogen and oxygen atoms in total. The summed E-state index contributed by atoms with van der Waals surface area (Å²) in [6, 6.07) is 0. The standard InChI is InChI=1S/C8H11F7/c1-6(10,11)3-5(9)4-8(14,15)7(2,12)13/h5H,3-4H2,1-2H3. The molecule has 0 aromatic heterocycles. The summed E-state index contributed by atoms with van der Waals surface area (Å²) in [6.07, 6.45) is -6.05. The summed E-state index contributed by atoms with van der Waals surface area (Å²) in [4.78, 5) is 0. The number of halogens is 7. The van der Waals surface area contributed by atoms with Crippen LogP contribution in [0.25, 0.3) is 0 Å². The third-order valence-corrected chi connectivity index (χ3v) is 1.70. The molecule has 0 radical (unpaired) electrons. The Balaban J connectivity index is 4.36. The van der Waals surface area contributed by atoms with E-state index in [1.54, 1.807) is 0 Å². The molecule has 92 valence electrons. The molecule has 1 atom stereocenters. The zero-order chi connectivity index (χ0) is 12.5. The van der Waals surface area contributed by atoms with Crippen LogP contribution in [0, 0.1) is 0 Å². The smallest absolute Gasteiger partial charge is 0.247 e. The van der Waals surface area contributed by atoms with Gasteiger partial charge < -0.3 is 0 Å². The van der Waals surface area contributed by atoms with Crippen LogP contribution in [0.1, 0.15) is 26.7 Å². The van der Waals surface area contributed by atoms with Crippen molar-refractivity contribution in [3.05, 3.63) is 0 Å². The monoisotopic (exact) mass is 240 g/mol. The van der Waals surface area contributed by atoms with Crippen LogP contribution >= 0.6 is 0 Å². The molecule has 0 saturated carbocycles. The minimum absolute atomic E-state index is 0.0796. The van der Waals surface area contributed by atoms with E-state index in [2.05, 4.69) is 0 Å². The second kappa shape index (κ2) is 4.17. The molecular weight excluding hydrogens is 229 g/mol. The fourth-order valence-corrected chi connectivity index (χ4v) is 0.918. The third-order valence-electron chi connectivity index (χ3n) is 1.70. The highest BCUT2D eigenvalue weighted by atomic mass is 19.3. The molecule has 0 aromatic carbocycles. The van der Waals surface area contributed by atoms with Gasteiger partial charge >= 0.3 is 11.8 Å². The van der Waals surface area contributed by atoms with E-state index in [9.17, 15) is 30.7 Å². The van der Waals surface area contributed by atoms with Gasteiger partial charge in [0.25, 0.3) is 0 Å². The molecule has 0 spiro atoms. The highest BCUT2D eigenvalue weighted by Crippen LogP contribution is 2.39. The lowest BCUT2D eigenvalue weighted by Gasteiger charge is -2.25. The van der Waals surface area contributed by atoms with E-state index < -0.39 is 36.8 Å². The molecule has 0 bridgehead atoms. The fraction of sp³-hybridized carbons (Fsp3) is 1.00. The minimum Gasteiger partial charge on any atom is -0.247 e. The maximum absolute atomic E-state index is 12.6. The molecule has 0 rings (SSSR count). The summed E-state index contributed by atoms with van der Waals surface area (Å²) >= 11 is 0. The van der Waals surface area contributed by atoms with Crippen molar-refractivity contribution in [1.29, 1.82) is 0 Å². The first-order chi connectivity index (χ1) is 6.35. The van der Waals surface area contributed by atoms with Gasteiger partial charge in [-0.05, 0) is 6.92 Å². The Hall–Kier alpha value is -0.490. The second-order valence-electron chi connectivity index (χ2n) is 3.67. The first kappa shape index (κ1) is 14.5. The van der Waals surface area contributed by atoms with Crippen LogP contribution in [-0.4, -0.2) is 23.9 Å². The van der Waals surface area contributed by atoms with Gasteiger partial charge in [-0.2, -0.15) is 8.78 Å². The predicted molar refractivity (Wildman–Crippen MR) is 40.3 cm³/mol. The van der Waals surface area contributed by atoms with E-state index in [0.29, 0.717) is 6.92 Å². The Morgan fingerprint density at radius 3 is 1.53 bits per heavy atom. The molecule has 0 aliphatic heterocycles. The van der Waals surface area contributed by atoms with Crippen LogP contribution in [-0.2, 0) is 0 Å². The summed E-state index contributed by atoms with van der Waals surface area (Å²) in [7, 11) is 0. The van der Waals surface area contributed by atoms with E-state index in [1.165, 1.54) is 0 Å². The van der Waals surface area contributed by atoms with Gasteiger partial charge in [0.15, 0.2) is 0 Å². The summed E-state index contributed by atoms with van der Waals surface area (Å²) in [5.74, 6) is -12.5. The molecule has 0 fully saturated rings. The fourth-order valence-electron chi connectivity index (χ4n) is 0.918. The van der Waals surface area contributed by atoms with Crippen LogP contribution in [0.15, 0.2) is 0 Å². The Kier molecular flexibility index (Phi) is 4.04. The summed E-state index contributed by atoms with van der Waals surface area (Å²) in [5, 5.41) is 0. The molecule has 15 heavy (non-hydrogen) atoms. The predicted octanol–water partition coefficient (Wildman–Crippen LogP) is 4.05. The summed E-state index contributed by atoms with van der Waals surface area (Å²) in [6.45, 7) is 0.256. The Morgan fingerprint density at radius 1 is 0.867 bits per heavy atom. The molecule has 0 saturated heterocycles. The molecule has 0 amide bonds. The zero-order valence-corrected chi connectivity index (χ0v) is 8.14. The first-order valence-corrected chi connectivity index (χ1v) is 4.13. The van der Waals surface area contributed by atoms with E-state index in [1.807, 2.05) is 0 Å². The van der Waals surface area contributed by atoms with Gasteiger partial charge in [0.1, 0.15) is 6.17 Å². The second-order valence-corrected chi connectivity index (χ2v) is 3.67. The van der Waals surface area contributed by atoms with Crippen molar-refractivity contribution in [3.63, 3.8) is 0 Å². The maximum Gasteiger partial charge on any atom is 0.312 e. The minimum atomic E-state index is -4.61. The maximum atomic E-state index is 12.6. The van der Waals surface area contributed by atoms with E-state index >= 15 is 0 Å². The number of hydrogen-bond acceptors (Lipinski definition) is 0. The lowest BCUT2D eigenvalue weighted by molar-refractivity contribution is -0.209. The number of alkyl halides is 7. The SMILES string of the molecule is CC(F)(F)CC(F)CC(F)(F)C(C)(F)F. The molecule has 1 unspecified atom stereocenters. The van der Waals surface area contributed by atoms with Crippen molar-refractivity contribution in [2.45, 2.75) is 50.6 Å². The van der Waals surface area contributed by atoms with Crippen molar-refractivity contribution >= 4 is 0 Å². The molecule has 0 heterocycles. The van der Waals surface area contributed by atoms with Crippen molar-refractivity contribution in [1.82, 2.24) is 0 Å². The van der Waals surface area contributed by atoms with Crippen LogP contribution in [0.3, 0.4) is 0 Å². The molecule has 0 aliphatic rings. The van der Waals surface area contributed by atoms with Crippen LogP contribution in [0.2, 0.25) is 0 Å². The van der Waals surface area contributed by atoms with Crippen LogP contribution in [0.4, 0.5) is 30.7 Å². The first-order valence-electron chi connectivity index (χ1n) is 4.13. The molecular formula is C8H11F7. The Bertz CT molecular complexity index is 200. The quantitative estimate of drug-likeness (QED) is 0.636. The third kappa shape index (κ3) is 5.22. The highest BCUT2D eigenvalue weighted by Gasteiger charge is 2.53. The summed E-state index contributed by atoms with van der Waals surface area (Å²) in [5.41, 5.74) is 0. The summed E-state index contributed by atoms with van der Waals surface area (Å²) < 4.78 is 86.4. The van der Waals surface area contributed by atoms with Gasteiger partial charge in [-0.3, -0.25) is 0 Å². The normalized spacial score (nSPS) is 16.6. The molecule has 7 heteroatoms. The molecule has 0 aliphatic carbocycles. The van der Waals surface area contributed by atoms with Crippen molar-refractivity contribution in [2.75, 3.05) is 0 Å². The average molecular weight is 240 g/mol. The zero-order valence-electron chi connectivity index (χ0n) is 8.14. The topological polar surface area (TPSA) is 0 Å². The lowest BCUT2D eigenvalue weighted by atomic mass is 10.0. The van der Waals surface area contributed by atoms with Crippen LogP contribution in [0.5, 0.6) is 0 Å². The Morgan fingerprint density at radius 2 is 1.27 bits per heavy atom. The van der Waals surface area contributed by atoms with E-state index in [0.717, 1.165) is 0 Å². The van der Waals surface area contributed by atoms with Gasteiger partial charge in [-0.15, -0.1) is 0 Å². The largest absolute Gasteiger partial charge is 0.312 e. The number of hydrogen-bond donors (Lipinski definition) is 0. The molecule has 0 aromatic rings. The van der Waals surface area contributed by atoms with Gasteiger partial charge in [0.2, 0.25) is 5.92 Å². The van der Waals surface area contributed by atoms with Crippen LogP contribution < -0.4 is 0 Å². The van der Waals surface area contributed by atoms with Gasteiger partial charge in [-0.1, -0.05) is 0 Å². The van der Waals surface area contributed by atoms with Gasteiger partial charge in [0.05, 0.1) is 0 Å². The highest BCUT2D eigenvalue weighted by molar-refractivity contribution is 4.84. The van der Waals surface area contributed by atoms with Gasteiger partial charge in [-0.25, -0.2) is 22.0 Å². The van der Waals surface area contributed by atoms with Crippen molar-refractivity contribution in [2.24, 2.45) is 0 Å². The number of rotatable bonds is 5. The average Bonchev–Trinajstić information content (AvgIpc) is 1.75. The lowest BCUT2D eigenvalue weighted by Crippen LogP contribution is -2.40. The van der Waals surface area contributed by atoms with Crippen molar-refractivity contribution in [3.8, 4) is 0 Å². The van der Waals surface area contributed by atoms with E-state index in [4.69, 9.17) is 0 Å². The molecule has 0 N–H and O–H groups in total. The van der Waals surface area contributed by atoms with Crippen molar-refractivity contribution < 1.29 is 30.7 Å². The van der Waals surface area contributed by atoms with E-state index in [-0.39, 0.29) is 6.92 Å². The Labute approximate surface area is 82.5 Å².